The molecule has 1 unspecified atom stereocenters. The van der Waals surface area contributed by atoms with Gasteiger partial charge in [-0.25, -0.2) is 0 Å². The molecule has 1 atom stereocenters. The second-order valence-corrected chi connectivity index (χ2v) is 10.1. The van der Waals surface area contributed by atoms with E-state index in [0.717, 1.165) is 11.1 Å². The SMILES string of the molecule is C[Si](C)(C)C#Cc1ccc(C(N)CC(N)=O)cc1. The fraction of sp³-hybridized carbons (Fsp3) is 0.357. The van der Waals surface area contributed by atoms with Crippen molar-refractivity contribution in [1.29, 1.82) is 0 Å². The van der Waals surface area contributed by atoms with Gasteiger partial charge < -0.3 is 11.5 Å². The first-order chi connectivity index (χ1) is 8.28. The van der Waals surface area contributed by atoms with Crippen LogP contribution in [-0.2, 0) is 4.79 Å². The molecular weight excluding hydrogens is 240 g/mol. The highest BCUT2D eigenvalue weighted by molar-refractivity contribution is 6.83. The molecule has 1 amide bonds. The molecule has 0 spiro atoms. The molecule has 0 fully saturated rings. The molecule has 0 bridgehead atoms. The van der Waals surface area contributed by atoms with Crippen molar-refractivity contribution in [3.8, 4) is 11.5 Å². The molecule has 1 aromatic carbocycles. The normalized spacial score (nSPS) is 12.4. The first-order valence-corrected chi connectivity index (χ1v) is 9.45. The molecule has 0 aliphatic heterocycles. The number of benzene rings is 1. The summed E-state index contributed by atoms with van der Waals surface area (Å²) in [5.74, 6) is 2.79. The van der Waals surface area contributed by atoms with E-state index in [1.165, 1.54) is 0 Å². The van der Waals surface area contributed by atoms with Crippen molar-refractivity contribution in [1.82, 2.24) is 0 Å². The van der Waals surface area contributed by atoms with Crippen molar-refractivity contribution in [2.24, 2.45) is 11.5 Å². The van der Waals surface area contributed by atoms with Crippen LogP contribution in [0.5, 0.6) is 0 Å². The van der Waals surface area contributed by atoms with Crippen molar-refractivity contribution in [2.45, 2.75) is 32.1 Å². The largest absolute Gasteiger partial charge is 0.370 e. The van der Waals surface area contributed by atoms with Gasteiger partial charge in [0.05, 0.1) is 0 Å². The summed E-state index contributed by atoms with van der Waals surface area (Å²) in [6.45, 7) is 6.62. The summed E-state index contributed by atoms with van der Waals surface area (Å²) in [5.41, 5.74) is 16.2. The predicted molar refractivity (Wildman–Crippen MR) is 77.4 cm³/mol. The van der Waals surface area contributed by atoms with Crippen LogP contribution in [0, 0.1) is 11.5 Å². The highest BCUT2D eigenvalue weighted by Gasteiger charge is 2.09. The van der Waals surface area contributed by atoms with Gasteiger partial charge >= 0.3 is 0 Å². The maximum absolute atomic E-state index is 10.8. The maximum Gasteiger partial charge on any atom is 0.219 e. The second kappa shape index (κ2) is 5.85. The van der Waals surface area contributed by atoms with Gasteiger partial charge in [-0.3, -0.25) is 4.79 Å². The predicted octanol–water partition coefficient (Wildman–Crippen LogP) is 1.79. The first-order valence-electron chi connectivity index (χ1n) is 5.95. The van der Waals surface area contributed by atoms with Gasteiger partial charge in [0.2, 0.25) is 5.91 Å². The lowest BCUT2D eigenvalue weighted by molar-refractivity contribution is -0.118. The Morgan fingerprint density at radius 2 is 1.83 bits per heavy atom. The van der Waals surface area contributed by atoms with Gasteiger partial charge in [0.15, 0.2) is 0 Å². The van der Waals surface area contributed by atoms with E-state index in [0.29, 0.717) is 0 Å². The number of rotatable bonds is 3. The summed E-state index contributed by atoms with van der Waals surface area (Å²) in [6, 6.07) is 7.34. The Bertz CT molecular complexity index is 477. The van der Waals surface area contributed by atoms with Crippen LogP contribution in [-0.4, -0.2) is 14.0 Å². The molecular formula is C14H20N2OSi. The van der Waals surface area contributed by atoms with Gasteiger partial charge in [0, 0.05) is 18.0 Å². The molecule has 1 rings (SSSR count). The van der Waals surface area contributed by atoms with E-state index >= 15 is 0 Å². The van der Waals surface area contributed by atoms with E-state index < -0.39 is 8.07 Å². The van der Waals surface area contributed by atoms with Crippen molar-refractivity contribution in [3.05, 3.63) is 35.4 Å². The number of hydrogen-bond acceptors (Lipinski definition) is 2. The average molecular weight is 260 g/mol. The third-order valence-electron chi connectivity index (χ3n) is 2.34. The third kappa shape index (κ3) is 5.17. The van der Waals surface area contributed by atoms with E-state index in [9.17, 15) is 4.79 Å². The van der Waals surface area contributed by atoms with E-state index in [1.807, 2.05) is 24.3 Å². The van der Waals surface area contributed by atoms with Gasteiger partial charge in [0.1, 0.15) is 8.07 Å². The van der Waals surface area contributed by atoms with Crippen LogP contribution >= 0.6 is 0 Å². The number of amides is 1. The lowest BCUT2D eigenvalue weighted by Gasteiger charge is -2.09. The minimum atomic E-state index is -1.34. The molecule has 0 radical (unpaired) electrons. The second-order valence-electron chi connectivity index (χ2n) is 5.40. The third-order valence-corrected chi connectivity index (χ3v) is 3.22. The smallest absolute Gasteiger partial charge is 0.219 e. The molecule has 0 aromatic heterocycles. The van der Waals surface area contributed by atoms with Gasteiger partial charge in [-0.2, -0.15) is 0 Å². The molecule has 18 heavy (non-hydrogen) atoms. The fourth-order valence-corrected chi connectivity index (χ4v) is 1.93. The van der Waals surface area contributed by atoms with Gasteiger partial charge in [-0.05, 0) is 17.7 Å². The zero-order chi connectivity index (χ0) is 13.8. The highest BCUT2D eigenvalue weighted by Crippen LogP contribution is 2.14. The molecule has 0 aliphatic carbocycles. The molecule has 96 valence electrons. The number of primary amides is 1. The van der Waals surface area contributed by atoms with Gasteiger partial charge in [-0.15, -0.1) is 5.54 Å². The van der Waals surface area contributed by atoms with E-state index in [2.05, 4.69) is 31.1 Å². The Balaban J connectivity index is 2.79. The van der Waals surface area contributed by atoms with Crippen LogP contribution in [0.4, 0.5) is 0 Å². The Labute approximate surface area is 110 Å². The monoisotopic (exact) mass is 260 g/mol. The van der Waals surface area contributed by atoms with Crippen LogP contribution < -0.4 is 11.5 Å². The van der Waals surface area contributed by atoms with Gasteiger partial charge in [0.25, 0.3) is 0 Å². The molecule has 0 heterocycles. The first kappa shape index (κ1) is 14.5. The standard InChI is InChI=1S/C14H20N2OSi/c1-18(2,3)9-8-11-4-6-12(7-5-11)13(15)10-14(16)17/h4-7,13H,10,15H2,1-3H3,(H2,16,17). The summed E-state index contributed by atoms with van der Waals surface area (Å²) in [4.78, 5) is 10.8. The van der Waals surface area contributed by atoms with Gasteiger partial charge in [-0.1, -0.05) is 37.7 Å². The summed E-state index contributed by atoms with van der Waals surface area (Å²) in [7, 11) is -1.34. The fourth-order valence-electron chi connectivity index (χ4n) is 1.41. The topological polar surface area (TPSA) is 69.1 Å². The average Bonchev–Trinajstić information content (AvgIpc) is 2.25. The Morgan fingerprint density at radius 1 is 1.28 bits per heavy atom. The number of nitrogens with two attached hydrogens (primary N) is 2. The number of carbonyl (C=O) groups is 1. The minimum Gasteiger partial charge on any atom is -0.370 e. The molecule has 0 saturated heterocycles. The maximum atomic E-state index is 10.8. The zero-order valence-corrected chi connectivity index (χ0v) is 12.2. The van der Waals surface area contributed by atoms with Crippen molar-refractivity contribution in [3.63, 3.8) is 0 Å². The Kier molecular flexibility index (Phi) is 4.71. The Hall–Kier alpha value is -1.57. The number of hydrogen-bond donors (Lipinski definition) is 2. The van der Waals surface area contributed by atoms with Crippen LogP contribution in [0.1, 0.15) is 23.6 Å². The summed E-state index contributed by atoms with van der Waals surface area (Å²) >= 11 is 0. The Morgan fingerprint density at radius 3 is 2.28 bits per heavy atom. The minimum absolute atomic E-state index is 0.167. The highest BCUT2D eigenvalue weighted by atomic mass is 28.3. The molecule has 3 nitrogen and oxygen atoms in total. The molecule has 4 N–H and O–H groups in total. The molecule has 4 heteroatoms. The van der Waals surface area contributed by atoms with Crippen LogP contribution in [0.2, 0.25) is 19.6 Å². The van der Waals surface area contributed by atoms with Crippen molar-refractivity contribution < 1.29 is 4.79 Å². The quantitative estimate of drug-likeness (QED) is 0.642. The summed E-state index contributed by atoms with van der Waals surface area (Å²) in [5, 5.41) is 0. The molecule has 0 saturated carbocycles. The summed E-state index contributed by atoms with van der Waals surface area (Å²) in [6.07, 6.45) is 0.167. The zero-order valence-electron chi connectivity index (χ0n) is 11.2. The lowest BCUT2D eigenvalue weighted by atomic mass is 10.0. The van der Waals surface area contributed by atoms with E-state index in [4.69, 9.17) is 11.5 Å². The number of carbonyl (C=O) groups excluding carboxylic acids is 1. The van der Waals surface area contributed by atoms with E-state index in [-0.39, 0.29) is 18.4 Å². The van der Waals surface area contributed by atoms with E-state index in [1.54, 1.807) is 0 Å². The van der Waals surface area contributed by atoms with Crippen LogP contribution in [0.3, 0.4) is 0 Å². The molecule has 0 aliphatic rings. The van der Waals surface area contributed by atoms with Crippen molar-refractivity contribution in [2.75, 3.05) is 0 Å². The summed E-state index contributed by atoms with van der Waals surface area (Å²) < 4.78 is 0. The molecule has 1 aromatic rings. The van der Waals surface area contributed by atoms with Crippen LogP contribution in [0.25, 0.3) is 0 Å². The van der Waals surface area contributed by atoms with Crippen molar-refractivity contribution >= 4 is 14.0 Å². The van der Waals surface area contributed by atoms with Crippen LogP contribution in [0.15, 0.2) is 24.3 Å². The lowest BCUT2D eigenvalue weighted by Crippen LogP contribution is -2.20.